The highest BCUT2D eigenvalue weighted by Crippen LogP contribution is 2.51. The summed E-state index contributed by atoms with van der Waals surface area (Å²) in [4.78, 5) is 12.2. The number of esters is 1. The van der Waals surface area contributed by atoms with Crippen molar-refractivity contribution in [1.29, 1.82) is 0 Å². The van der Waals surface area contributed by atoms with Crippen LogP contribution in [0.2, 0.25) is 0 Å². The van der Waals surface area contributed by atoms with Crippen molar-refractivity contribution >= 4 is 11.7 Å². The van der Waals surface area contributed by atoms with Gasteiger partial charge in [0.25, 0.3) is 0 Å². The van der Waals surface area contributed by atoms with Crippen molar-refractivity contribution in [3.63, 3.8) is 0 Å². The van der Waals surface area contributed by atoms with Crippen LogP contribution in [-0.2, 0) is 9.47 Å². The first kappa shape index (κ1) is 16.0. The second-order valence-electron chi connectivity index (χ2n) is 6.54. The molecule has 1 fully saturated rings. The van der Waals surface area contributed by atoms with E-state index in [0.29, 0.717) is 17.9 Å². The van der Waals surface area contributed by atoms with E-state index in [9.17, 15) is 9.90 Å². The minimum atomic E-state index is -0.353. The lowest BCUT2D eigenvalue weighted by molar-refractivity contribution is -0.0384. The summed E-state index contributed by atoms with van der Waals surface area (Å²) < 4.78 is 11.0. The Kier molecular flexibility index (Phi) is 4.09. The highest BCUT2D eigenvalue weighted by atomic mass is 16.5. The van der Waals surface area contributed by atoms with E-state index in [1.807, 2.05) is 30.3 Å². The lowest BCUT2D eigenvalue weighted by Crippen LogP contribution is -2.36. The van der Waals surface area contributed by atoms with Crippen molar-refractivity contribution in [2.75, 3.05) is 19.0 Å². The SMILES string of the molecule is COC(=O)c1ccccc1[C@H]1Nc2c(O)cccc2[C@@H]2OCCC[C@H]12. The number of hydrogen-bond acceptors (Lipinski definition) is 5. The lowest BCUT2D eigenvalue weighted by Gasteiger charge is -2.43. The number of nitrogens with one attached hydrogen (secondary N) is 1. The number of methoxy groups -OCH3 is 1. The predicted molar refractivity (Wildman–Crippen MR) is 93.7 cm³/mol. The monoisotopic (exact) mass is 339 g/mol. The molecule has 1 saturated heterocycles. The molecule has 130 valence electrons. The number of phenols is 1. The zero-order valence-electron chi connectivity index (χ0n) is 14.1. The number of ether oxygens (including phenoxy) is 2. The molecule has 3 atom stereocenters. The summed E-state index contributed by atoms with van der Waals surface area (Å²) in [7, 11) is 1.39. The molecular weight excluding hydrogens is 318 g/mol. The van der Waals surface area contributed by atoms with E-state index in [4.69, 9.17) is 9.47 Å². The third-order valence-corrected chi connectivity index (χ3v) is 5.18. The summed E-state index contributed by atoms with van der Waals surface area (Å²) in [5, 5.41) is 13.8. The van der Waals surface area contributed by atoms with Crippen molar-refractivity contribution in [2.24, 2.45) is 5.92 Å². The van der Waals surface area contributed by atoms with Gasteiger partial charge in [-0.05, 0) is 30.5 Å². The van der Waals surface area contributed by atoms with Gasteiger partial charge in [0.2, 0.25) is 0 Å². The first-order valence-electron chi connectivity index (χ1n) is 8.58. The van der Waals surface area contributed by atoms with Crippen LogP contribution in [0.1, 0.15) is 46.5 Å². The van der Waals surface area contributed by atoms with Gasteiger partial charge in [-0.2, -0.15) is 0 Å². The van der Waals surface area contributed by atoms with Crippen molar-refractivity contribution < 1.29 is 19.4 Å². The molecule has 5 heteroatoms. The zero-order chi connectivity index (χ0) is 17.4. The first-order chi connectivity index (χ1) is 12.2. The fourth-order valence-corrected chi connectivity index (χ4v) is 4.05. The topological polar surface area (TPSA) is 67.8 Å². The number of benzene rings is 2. The maximum atomic E-state index is 12.2. The molecule has 0 unspecified atom stereocenters. The van der Waals surface area contributed by atoms with Crippen LogP contribution in [0.25, 0.3) is 0 Å². The number of hydrogen-bond donors (Lipinski definition) is 2. The third-order valence-electron chi connectivity index (χ3n) is 5.18. The van der Waals surface area contributed by atoms with Gasteiger partial charge in [0.1, 0.15) is 5.75 Å². The smallest absolute Gasteiger partial charge is 0.338 e. The van der Waals surface area contributed by atoms with Crippen molar-refractivity contribution in [2.45, 2.75) is 25.0 Å². The normalized spacial score (nSPS) is 24.6. The Labute approximate surface area is 146 Å². The van der Waals surface area contributed by atoms with Crippen LogP contribution in [-0.4, -0.2) is 24.8 Å². The van der Waals surface area contributed by atoms with E-state index in [0.717, 1.165) is 24.0 Å². The maximum absolute atomic E-state index is 12.2. The van der Waals surface area contributed by atoms with Crippen molar-refractivity contribution in [1.82, 2.24) is 0 Å². The number of fused-ring (bicyclic) bond motifs is 3. The number of anilines is 1. The molecule has 2 N–H and O–H groups in total. The largest absolute Gasteiger partial charge is 0.506 e. The molecule has 25 heavy (non-hydrogen) atoms. The fourth-order valence-electron chi connectivity index (χ4n) is 4.05. The molecule has 0 aromatic heterocycles. The number of carbonyl (C=O) groups excluding carboxylic acids is 1. The first-order valence-corrected chi connectivity index (χ1v) is 8.58. The summed E-state index contributed by atoms with van der Waals surface area (Å²) in [6, 6.07) is 12.9. The van der Waals surface area contributed by atoms with Gasteiger partial charge in [-0.25, -0.2) is 4.79 Å². The molecule has 0 bridgehead atoms. The summed E-state index contributed by atoms with van der Waals surface area (Å²) in [5.41, 5.74) is 3.10. The van der Waals surface area contributed by atoms with E-state index < -0.39 is 0 Å². The Balaban J connectivity index is 1.83. The average molecular weight is 339 g/mol. The van der Waals surface area contributed by atoms with Gasteiger partial charge in [0.15, 0.2) is 0 Å². The second kappa shape index (κ2) is 6.41. The molecular formula is C20H21NO4. The molecule has 2 aliphatic heterocycles. The number of carbonyl (C=O) groups is 1. The van der Waals surface area contributed by atoms with Crippen LogP contribution in [0.5, 0.6) is 5.75 Å². The summed E-state index contributed by atoms with van der Waals surface area (Å²) in [6.45, 7) is 0.710. The number of aromatic hydroxyl groups is 1. The molecule has 2 heterocycles. The van der Waals surface area contributed by atoms with Crippen LogP contribution in [0, 0.1) is 5.92 Å². The third kappa shape index (κ3) is 2.65. The summed E-state index contributed by atoms with van der Waals surface area (Å²) in [6.07, 6.45) is 1.88. The minimum Gasteiger partial charge on any atom is -0.506 e. The predicted octanol–water partition coefficient (Wildman–Crippen LogP) is 3.81. The number of rotatable bonds is 2. The Bertz CT molecular complexity index is 804. The number of para-hydroxylation sites is 1. The van der Waals surface area contributed by atoms with E-state index >= 15 is 0 Å². The lowest BCUT2D eigenvalue weighted by atomic mass is 9.76. The molecule has 0 amide bonds. The van der Waals surface area contributed by atoms with E-state index in [-0.39, 0.29) is 29.8 Å². The minimum absolute atomic E-state index is 0.0900. The number of phenolic OH excluding ortho intramolecular Hbond substituents is 1. The molecule has 2 aromatic rings. The maximum Gasteiger partial charge on any atom is 0.338 e. The quantitative estimate of drug-likeness (QED) is 0.643. The molecule has 2 aromatic carbocycles. The van der Waals surface area contributed by atoms with Crippen molar-refractivity contribution in [3.05, 3.63) is 59.2 Å². The van der Waals surface area contributed by atoms with E-state index in [2.05, 4.69) is 5.32 Å². The van der Waals surface area contributed by atoms with Crippen LogP contribution in [0.15, 0.2) is 42.5 Å². The molecule has 2 aliphatic rings. The molecule has 5 nitrogen and oxygen atoms in total. The van der Waals surface area contributed by atoms with Gasteiger partial charge in [0.05, 0.1) is 30.5 Å². The van der Waals surface area contributed by atoms with Crippen molar-refractivity contribution in [3.8, 4) is 5.75 Å². The van der Waals surface area contributed by atoms with Gasteiger partial charge in [0, 0.05) is 18.1 Å². The zero-order valence-corrected chi connectivity index (χ0v) is 14.1. The average Bonchev–Trinajstić information content (AvgIpc) is 2.67. The highest BCUT2D eigenvalue weighted by molar-refractivity contribution is 5.91. The van der Waals surface area contributed by atoms with Crippen LogP contribution in [0.3, 0.4) is 0 Å². The van der Waals surface area contributed by atoms with Gasteiger partial charge >= 0.3 is 5.97 Å². The molecule has 0 spiro atoms. The highest BCUT2D eigenvalue weighted by Gasteiger charge is 2.41. The van der Waals surface area contributed by atoms with Crippen LogP contribution >= 0.6 is 0 Å². The van der Waals surface area contributed by atoms with Gasteiger partial charge in [-0.15, -0.1) is 0 Å². The Morgan fingerprint density at radius 3 is 2.84 bits per heavy atom. The molecule has 4 rings (SSSR count). The molecule has 0 radical (unpaired) electrons. The molecule has 0 saturated carbocycles. The fraction of sp³-hybridized carbons (Fsp3) is 0.350. The standard InChI is InChI=1S/C20H21NO4/c1-24-20(23)13-7-3-2-6-12(13)17-14-9-5-11-25-19(14)15-8-4-10-16(22)18(15)21-17/h2-4,6-8,10,14,17,19,21-22H,5,9,11H2,1H3/t14-,17-,19-/m1/s1. The summed E-state index contributed by atoms with van der Waals surface area (Å²) >= 11 is 0. The Morgan fingerprint density at radius 1 is 1.20 bits per heavy atom. The van der Waals surface area contributed by atoms with E-state index in [1.165, 1.54) is 7.11 Å². The summed E-state index contributed by atoms with van der Waals surface area (Å²) in [5.74, 6) is 0.0355. The van der Waals surface area contributed by atoms with Gasteiger partial charge in [-0.1, -0.05) is 30.3 Å². The Hall–Kier alpha value is -2.53. The Morgan fingerprint density at radius 2 is 2.00 bits per heavy atom. The second-order valence-corrected chi connectivity index (χ2v) is 6.54. The van der Waals surface area contributed by atoms with Crippen LogP contribution < -0.4 is 5.32 Å². The van der Waals surface area contributed by atoms with E-state index in [1.54, 1.807) is 12.1 Å². The van der Waals surface area contributed by atoms with Gasteiger partial charge in [-0.3, -0.25) is 0 Å². The molecule has 0 aliphatic carbocycles. The van der Waals surface area contributed by atoms with Crippen LogP contribution in [0.4, 0.5) is 5.69 Å². The van der Waals surface area contributed by atoms with Gasteiger partial charge < -0.3 is 19.9 Å².